The predicted octanol–water partition coefficient (Wildman–Crippen LogP) is 4.01. The molecule has 4 N–H and O–H groups in total. The Hall–Kier alpha value is -2.27. The first kappa shape index (κ1) is 28.3. The number of carboxylic acid groups (broad SMARTS) is 1. The highest BCUT2D eigenvalue weighted by Crippen LogP contribution is 2.71. The van der Waals surface area contributed by atoms with E-state index in [-0.39, 0.29) is 40.4 Å². The maximum atomic E-state index is 17.4. The molecule has 0 heterocycles. The predicted molar refractivity (Wildman–Crippen MR) is 139 cm³/mol. The van der Waals surface area contributed by atoms with Crippen molar-refractivity contribution in [3.05, 3.63) is 57.6 Å². The van der Waals surface area contributed by atoms with Crippen molar-refractivity contribution in [2.45, 2.75) is 69.7 Å². The number of aliphatic hydroxyl groups excluding tert-OH is 2. The Bertz CT molecular complexity index is 1340. The number of carboxylic acids is 1. The number of fused-ring (bicyclic) bond motifs is 5. The lowest BCUT2D eigenvalue weighted by atomic mass is 9.44. The van der Waals surface area contributed by atoms with E-state index in [1.165, 1.54) is 37.3 Å². The Balaban J connectivity index is 1.60. The highest BCUT2D eigenvalue weighted by Gasteiger charge is 2.77. The van der Waals surface area contributed by atoms with Crippen LogP contribution in [-0.2, 0) is 9.59 Å². The summed E-state index contributed by atoms with van der Waals surface area (Å²) in [4.78, 5) is 37.9. The van der Waals surface area contributed by atoms with Gasteiger partial charge in [-0.05, 0) is 71.7 Å². The summed E-state index contributed by atoms with van der Waals surface area (Å²) in [7, 11) is 0. The Morgan fingerprint density at radius 2 is 1.79 bits per heavy atom. The third-order valence-electron chi connectivity index (χ3n) is 10.4. The molecule has 7 nitrogen and oxygen atoms in total. The number of carbonyl (C=O) groups excluding carboxylic acids is 2. The first-order valence-electron chi connectivity index (χ1n) is 13.0. The minimum Gasteiger partial charge on any atom is -0.478 e. The molecule has 0 radical (unpaired) electrons. The lowest BCUT2D eigenvalue weighted by molar-refractivity contribution is -0.225. The minimum absolute atomic E-state index is 0.0461. The molecule has 0 aromatic heterocycles. The topological polar surface area (TPSA) is 132 Å². The molecule has 0 aliphatic heterocycles. The molecule has 1 unspecified atom stereocenters. The Morgan fingerprint density at radius 3 is 2.44 bits per heavy atom. The number of allylic oxidation sites excluding steroid dienone is 4. The van der Waals surface area contributed by atoms with Crippen LogP contribution < -0.4 is 0 Å². The number of ketones is 2. The van der Waals surface area contributed by atoms with Crippen molar-refractivity contribution in [1.82, 2.24) is 0 Å². The highest BCUT2D eigenvalue weighted by molar-refractivity contribution is 9.12. The van der Waals surface area contributed by atoms with E-state index in [1.807, 2.05) is 0 Å². The van der Waals surface area contributed by atoms with Crippen molar-refractivity contribution in [2.75, 3.05) is 0 Å². The first-order valence-corrected chi connectivity index (χ1v) is 13.8. The molecule has 3 fully saturated rings. The zero-order valence-corrected chi connectivity index (χ0v) is 23.3. The number of rotatable bonds is 4. The summed E-state index contributed by atoms with van der Waals surface area (Å²) in [6.45, 7) is 4.59. The standard InChI is InChI=1S/C29H31BrF2O7/c1-13-8-16-17-9-20(31)18-10-21(33)19(30)11-26(18,2)28(17,32)22(34)12-27(16,3)29(13,39)24(36)23(35)14-6-4-5-7-15(14)25(37)38/h4-7,10-11,13,16-17,20,22-23,34-35,39H,8-9,12H2,1-3H3,(H,37,38)/t13-,16-,17-,20+,22-,23?,26-,27-,28-,29-/m0/s1. The van der Waals surface area contributed by atoms with Crippen LogP contribution in [0.25, 0.3) is 0 Å². The van der Waals surface area contributed by atoms with Gasteiger partial charge in [0.2, 0.25) is 0 Å². The van der Waals surface area contributed by atoms with Gasteiger partial charge in [0.15, 0.2) is 17.2 Å². The van der Waals surface area contributed by atoms with Crippen molar-refractivity contribution >= 4 is 33.5 Å². The molecule has 4 aliphatic carbocycles. The van der Waals surface area contributed by atoms with Crippen LogP contribution in [-0.4, -0.2) is 61.5 Å². The molecule has 1 aromatic rings. The smallest absolute Gasteiger partial charge is 0.336 e. The number of benzene rings is 1. The van der Waals surface area contributed by atoms with Crippen LogP contribution in [0.3, 0.4) is 0 Å². The van der Waals surface area contributed by atoms with Crippen LogP contribution >= 0.6 is 15.9 Å². The number of hydrogen-bond donors (Lipinski definition) is 4. The molecule has 0 spiro atoms. The molecule has 10 atom stereocenters. The zero-order chi connectivity index (χ0) is 28.9. The minimum atomic E-state index is -2.41. The Labute approximate surface area is 232 Å². The van der Waals surface area contributed by atoms with Gasteiger partial charge in [0, 0.05) is 22.3 Å². The van der Waals surface area contributed by atoms with Crippen molar-refractivity contribution in [3.63, 3.8) is 0 Å². The lowest BCUT2D eigenvalue weighted by Gasteiger charge is -2.63. The second-order valence-electron chi connectivity index (χ2n) is 12.0. The molecule has 4 aliphatic rings. The van der Waals surface area contributed by atoms with Gasteiger partial charge in [-0.3, -0.25) is 9.59 Å². The molecule has 210 valence electrons. The molecular formula is C29H31BrF2O7. The fourth-order valence-corrected chi connectivity index (χ4v) is 8.97. The third kappa shape index (κ3) is 3.44. The maximum absolute atomic E-state index is 17.4. The second kappa shape index (κ2) is 8.86. The van der Waals surface area contributed by atoms with E-state index in [0.29, 0.717) is 0 Å². The van der Waals surface area contributed by atoms with Gasteiger partial charge in [0.1, 0.15) is 17.9 Å². The van der Waals surface area contributed by atoms with Crippen molar-refractivity contribution in [3.8, 4) is 0 Å². The normalized spacial score (nSPS) is 43.9. The number of aliphatic hydroxyl groups is 3. The molecule has 0 saturated heterocycles. The molecule has 10 heteroatoms. The largest absolute Gasteiger partial charge is 0.478 e. The van der Waals surface area contributed by atoms with Crippen LogP contribution in [0.5, 0.6) is 0 Å². The maximum Gasteiger partial charge on any atom is 0.336 e. The summed E-state index contributed by atoms with van der Waals surface area (Å²) in [5.41, 5.74) is -8.34. The molecule has 5 rings (SSSR count). The Morgan fingerprint density at radius 1 is 1.15 bits per heavy atom. The van der Waals surface area contributed by atoms with Crippen LogP contribution in [0.4, 0.5) is 8.78 Å². The summed E-state index contributed by atoms with van der Waals surface area (Å²) in [5, 5.41) is 44.2. The van der Waals surface area contributed by atoms with Crippen molar-refractivity contribution < 1.29 is 43.6 Å². The van der Waals surface area contributed by atoms with Gasteiger partial charge in [0.05, 0.1) is 16.1 Å². The first-order chi connectivity index (χ1) is 18.1. The Kier molecular flexibility index (Phi) is 6.42. The van der Waals surface area contributed by atoms with Gasteiger partial charge in [-0.15, -0.1) is 0 Å². The fraction of sp³-hybridized carbons (Fsp3) is 0.552. The highest BCUT2D eigenvalue weighted by atomic mass is 79.9. The molecular weight excluding hydrogens is 578 g/mol. The van der Waals surface area contributed by atoms with E-state index < -0.39 is 75.8 Å². The van der Waals surface area contributed by atoms with E-state index in [2.05, 4.69) is 15.9 Å². The van der Waals surface area contributed by atoms with Crippen molar-refractivity contribution in [2.24, 2.45) is 28.6 Å². The lowest BCUT2D eigenvalue weighted by Crippen LogP contribution is -2.70. The zero-order valence-electron chi connectivity index (χ0n) is 21.7. The number of halogens is 3. The molecule has 1 aromatic carbocycles. The third-order valence-corrected chi connectivity index (χ3v) is 11.0. The van der Waals surface area contributed by atoms with Crippen LogP contribution in [0.15, 0.2) is 46.5 Å². The van der Waals surface area contributed by atoms with Gasteiger partial charge in [-0.25, -0.2) is 13.6 Å². The number of aromatic carboxylic acids is 1. The van der Waals surface area contributed by atoms with E-state index in [1.54, 1.807) is 13.8 Å². The summed E-state index contributed by atoms with van der Waals surface area (Å²) < 4.78 is 33.2. The summed E-state index contributed by atoms with van der Waals surface area (Å²) in [6.07, 6.45) is -3.64. The van der Waals surface area contributed by atoms with E-state index in [0.717, 1.165) is 6.08 Å². The van der Waals surface area contributed by atoms with Crippen LogP contribution in [0, 0.1) is 28.6 Å². The summed E-state index contributed by atoms with van der Waals surface area (Å²) in [6, 6.07) is 5.42. The van der Waals surface area contributed by atoms with Gasteiger partial charge in [0.25, 0.3) is 0 Å². The molecule has 0 bridgehead atoms. The molecule has 0 amide bonds. The van der Waals surface area contributed by atoms with Crippen LogP contribution in [0.2, 0.25) is 0 Å². The van der Waals surface area contributed by atoms with Gasteiger partial charge in [-0.1, -0.05) is 38.1 Å². The van der Waals surface area contributed by atoms with Gasteiger partial charge in [-0.2, -0.15) is 0 Å². The average Bonchev–Trinajstić information content (AvgIpc) is 3.08. The number of hydrogen-bond acceptors (Lipinski definition) is 6. The quantitative estimate of drug-likeness (QED) is 0.406. The average molecular weight is 609 g/mol. The van der Waals surface area contributed by atoms with Crippen LogP contribution in [0.1, 0.15) is 62.1 Å². The molecule has 39 heavy (non-hydrogen) atoms. The number of alkyl halides is 2. The number of carbonyl (C=O) groups is 3. The van der Waals surface area contributed by atoms with E-state index in [9.17, 15) is 34.8 Å². The summed E-state index contributed by atoms with van der Waals surface area (Å²) >= 11 is 3.14. The SMILES string of the molecule is C[C@H]1C[C@H]2[C@@H]3C[C@@H](F)C4=CC(=O)C(Br)=C[C@]4(C)[C@@]3(F)[C@@H](O)C[C@]2(C)[C@@]1(O)C(=O)C(O)c1ccccc1C(=O)O. The molecule has 3 saturated carbocycles. The van der Waals surface area contributed by atoms with E-state index >= 15 is 8.78 Å². The van der Waals surface area contributed by atoms with E-state index in [4.69, 9.17) is 0 Å². The number of Topliss-reactive ketones (excluding diaryl/α,β-unsaturated/α-hetero) is 1. The summed E-state index contributed by atoms with van der Waals surface area (Å²) in [5.74, 6) is -5.61. The monoisotopic (exact) mass is 608 g/mol. The fourth-order valence-electron chi connectivity index (χ4n) is 8.40. The van der Waals surface area contributed by atoms with Crippen molar-refractivity contribution in [1.29, 1.82) is 0 Å². The van der Waals surface area contributed by atoms with Gasteiger partial charge >= 0.3 is 5.97 Å². The second-order valence-corrected chi connectivity index (χ2v) is 12.9. The van der Waals surface area contributed by atoms with Gasteiger partial charge < -0.3 is 20.4 Å².